The van der Waals surface area contributed by atoms with Crippen LogP contribution in [0.1, 0.15) is 17.2 Å². The fourth-order valence-electron chi connectivity index (χ4n) is 2.23. The standard InChI is InChI=1S/C13H11Br2N3S/c14-11-5-8(13(15)19-11)12(18-16)9-6-17-10-4-2-1-3-7(9)10/h1-6,12,17-18H,16H2. The van der Waals surface area contributed by atoms with Crippen molar-refractivity contribution in [1.29, 1.82) is 0 Å². The third-order valence-electron chi connectivity index (χ3n) is 3.09. The zero-order valence-corrected chi connectivity index (χ0v) is 13.8. The Kier molecular flexibility index (Phi) is 3.77. The molecule has 0 bridgehead atoms. The number of halogens is 2. The summed E-state index contributed by atoms with van der Waals surface area (Å²) in [4.78, 5) is 3.28. The Balaban J connectivity index is 2.15. The predicted molar refractivity (Wildman–Crippen MR) is 87.2 cm³/mol. The van der Waals surface area contributed by atoms with Gasteiger partial charge in [0, 0.05) is 28.2 Å². The van der Waals surface area contributed by atoms with Gasteiger partial charge < -0.3 is 4.98 Å². The molecule has 0 saturated heterocycles. The Bertz CT molecular complexity index is 720. The second kappa shape index (κ2) is 5.38. The molecule has 0 aliphatic heterocycles. The highest BCUT2D eigenvalue weighted by atomic mass is 79.9. The van der Waals surface area contributed by atoms with Crippen LogP contribution in [0.5, 0.6) is 0 Å². The van der Waals surface area contributed by atoms with Crippen LogP contribution in [0.2, 0.25) is 0 Å². The summed E-state index contributed by atoms with van der Waals surface area (Å²) in [5.41, 5.74) is 6.29. The lowest BCUT2D eigenvalue weighted by atomic mass is 10.0. The van der Waals surface area contributed by atoms with Gasteiger partial charge in [0.25, 0.3) is 0 Å². The molecule has 2 heterocycles. The van der Waals surface area contributed by atoms with Crippen LogP contribution in [-0.4, -0.2) is 4.98 Å². The van der Waals surface area contributed by atoms with Gasteiger partial charge >= 0.3 is 0 Å². The molecule has 3 aromatic rings. The second-order valence-electron chi connectivity index (χ2n) is 4.17. The van der Waals surface area contributed by atoms with E-state index in [-0.39, 0.29) is 6.04 Å². The minimum Gasteiger partial charge on any atom is -0.361 e. The van der Waals surface area contributed by atoms with Crippen LogP contribution in [0.15, 0.2) is 44.1 Å². The maximum Gasteiger partial charge on any atom is 0.0762 e. The van der Waals surface area contributed by atoms with Gasteiger partial charge in [-0.05, 0) is 44.0 Å². The molecule has 6 heteroatoms. The highest BCUT2D eigenvalue weighted by molar-refractivity contribution is 9.12. The fraction of sp³-hybridized carbons (Fsp3) is 0.0769. The smallest absolute Gasteiger partial charge is 0.0762 e. The van der Waals surface area contributed by atoms with Crippen molar-refractivity contribution in [1.82, 2.24) is 10.4 Å². The van der Waals surface area contributed by atoms with Crippen LogP contribution >= 0.6 is 43.2 Å². The van der Waals surface area contributed by atoms with Crippen molar-refractivity contribution in [2.75, 3.05) is 0 Å². The lowest BCUT2D eigenvalue weighted by Gasteiger charge is -2.15. The molecule has 1 unspecified atom stereocenters. The fourth-order valence-corrected chi connectivity index (χ4v) is 5.13. The topological polar surface area (TPSA) is 53.8 Å². The van der Waals surface area contributed by atoms with Crippen molar-refractivity contribution in [2.24, 2.45) is 5.84 Å². The third kappa shape index (κ3) is 2.39. The van der Waals surface area contributed by atoms with Gasteiger partial charge in [0.1, 0.15) is 0 Å². The summed E-state index contributed by atoms with van der Waals surface area (Å²) in [6, 6.07) is 10.2. The largest absolute Gasteiger partial charge is 0.361 e. The van der Waals surface area contributed by atoms with E-state index in [9.17, 15) is 0 Å². The number of hydrazine groups is 1. The first-order valence-corrected chi connectivity index (χ1v) is 8.08. The summed E-state index contributed by atoms with van der Waals surface area (Å²) < 4.78 is 2.15. The molecular formula is C13H11Br2N3S. The molecule has 19 heavy (non-hydrogen) atoms. The first-order valence-electron chi connectivity index (χ1n) is 5.67. The molecule has 3 nitrogen and oxygen atoms in total. The number of benzene rings is 1. The van der Waals surface area contributed by atoms with Crippen LogP contribution in [0.3, 0.4) is 0 Å². The van der Waals surface area contributed by atoms with E-state index in [0.29, 0.717) is 0 Å². The quantitative estimate of drug-likeness (QED) is 0.453. The Morgan fingerprint density at radius 1 is 1.21 bits per heavy atom. The van der Waals surface area contributed by atoms with Crippen molar-refractivity contribution in [2.45, 2.75) is 6.04 Å². The first kappa shape index (κ1) is 13.3. The van der Waals surface area contributed by atoms with E-state index in [1.165, 1.54) is 5.39 Å². The van der Waals surface area contributed by atoms with E-state index < -0.39 is 0 Å². The maximum absolute atomic E-state index is 5.77. The van der Waals surface area contributed by atoms with E-state index in [2.05, 4.69) is 60.5 Å². The van der Waals surface area contributed by atoms with Crippen molar-refractivity contribution >= 4 is 54.1 Å². The van der Waals surface area contributed by atoms with Gasteiger partial charge in [-0.15, -0.1) is 11.3 Å². The minimum atomic E-state index is -0.0481. The molecule has 0 aliphatic rings. The maximum atomic E-state index is 5.77. The number of aromatic nitrogens is 1. The van der Waals surface area contributed by atoms with Crippen molar-refractivity contribution in [3.63, 3.8) is 0 Å². The van der Waals surface area contributed by atoms with Crippen LogP contribution in [0, 0.1) is 0 Å². The van der Waals surface area contributed by atoms with E-state index in [1.807, 2.05) is 18.3 Å². The highest BCUT2D eigenvalue weighted by Crippen LogP contribution is 2.39. The number of thiophene rings is 1. The summed E-state index contributed by atoms with van der Waals surface area (Å²) in [6.07, 6.45) is 2.01. The molecule has 98 valence electrons. The van der Waals surface area contributed by atoms with Crippen LogP contribution in [0.25, 0.3) is 10.9 Å². The van der Waals surface area contributed by atoms with Crippen LogP contribution in [0.4, 0.5) is 0 Å². The number of para-hydroxylation sites is 1. The molecule has 0 saturated carbocycles. The molecule has 4 N–H and O–H groups in total. The zero-order valence-electron chi connectivity index (χ0n) is 9.78. The number of fused-ring (bicyclic) bond motifs is 1. The van der Waals surface area contributed by atoms with E-state index in [1.54, 1.807) is 11.3 Å². The zero-order chi connectivity index (χ0) is 13.4. The molecule has 1 atom stereocenters. The van der Waals surface area contributed by atoms with Gasteiger partial charge in [-0.3, -0.25) is 5.84 Å². The molecule has 0 amide bonds. The molecule has 1 aromatic carbocycles. The van der Waals surface area contributed by atoms with Crippen LogP contribution in [-0.2, 0) is 0 Å². The number of nitrogens with one attached hydrogen (secondary N) is 2. The van der Waals surface area contributed by atoms with Gasteiger partial charge in [0.2, 0.25) is 0 Å². The van der Waals surface area contributed by atoms with Gasteiger partial charge in [-0.2, -0.15) is 0 Å². The minimum absolute atomic E-state index is 0.0481. The van der Waals surface area contributed by atoms with Crippen molar-refractivity contribution in [3.8, 4) is 0 Å². The van der Waals surface area contributed by atoms with Gasteiger partial charge in [0.05, 0.1) is 13.6 Å². The molecule has 0 radical (unpaired) electrons. The lowest BCUT2D eigenvalue weighted by molar-refractivity contribution is 0.641. The lowest BCUT2D eigenvalue weighted by Crippen LogP contribution is -2.28. The highest BCUT2D eigenvalue weighted by Gasteiger charge is 2.20. The average molecular weight is 401 g/mol. The summed E-state index contributed by atoms with van der Waals surface area (Å²) >= 11 is 8.74. The summed E-state index contributed by atoms with van der Waals surface area (Å²) in [7, 11) is 0. The molecule has 0 spiro atoms. The number of nitrogens with two attached hydrogens (primary N) is 1. The number of aromatic amines is 1. The molecule has 0 aliphatic carbocycles. The average Bonchev–Trinajstić information content (AvgIpc) is 2.96. The number of H-pyrrole nitrogens is 1. The Hall–Kier alpha value is -0.660. The summed E-state index contributed by atoms with van der Waals surface area (Å²) in [5.74, 6) is 5.77. The van der Waals surface area contributed by atoms with Crippen molar-refractivity contribution < 1.29 is 0 Å². The molecule has 2 aromatic heterocycles. The monoisotopic (exact) mass is 399 g/mol. The summed E-state index contributed by atoms with van der Waals surface area (Å²) in [6.45, 7) is 0. The summed E-state index contributed by atoms with van der Waals surface area (Å²) in [5, 5.41) is 1.18. The molecular weight excluding hydrogens is 390 g/mol. The third-order valence-corrected chi connectivity index (χ3v) is 5.48. The van der Waals surface area contributed by atoms with E-state index in [4.69, 9.17) is 5.84 Å². The molecule has 3 rings (SSSR count). The number of hydrogen-bond acceptors (Lipinski definition) is 3. The van der Waals surface area contributed by atoms with Gasteiger partial charge in [-0.1, -0.05) is 18.2 Å². The van der Waals surface area contributed by atoms with Crippen molar-refractivity contribution in [3.05, 3.63) is 55.2 Å². The second-order valence-corrected chi connectivity index (χ2v) is 7.92. The van der Waals surface area contributed by atoms with Crippen LogP contribution < -0.4 is 11.3 Å². The first-order chi connectivity index (χ1) is 9.20. The molecule has 0 fully saturated rings. The predicted octanol–water partition coefficient (Wildman–Crippen LogP) is 4.31. The number of hydrogen-bond donors (Lipinski definition) is 3. The van der Waals surface area contributed by atoms with Gasteiger partial charge in [0.15, 0.2) is 0 Å². The SMILES string of the molecule is NNC(c1cc(Br)sc1Br)c1c[nH]c2ccccc12. The Morgan fingerprint density at radius 2 is 2.00 bits per heavy atom. The normalized spacial score (nSPS) is 13.0. The van der Waals surface area contributed by atoms with Gasteiger partial charge in [-0.25, -0.2) is 5.43 Å². The Morgan fingerprint density at radius 3 is 2.68 bits per heavy atom. The Labute approximate surface area is 131 Å². The van der Waals surface area contributed by atoms with E-state index in [0.717, 1.165) is 24.2 Å². The number of rotatable bonds is 3. The van der Waals surface area contributed by atoms with E-state index >= 15 is 0 Å².